The molecule has 9 N–H and O–H groups in total. The number of nitrogens with zero attached hydrogens (tertiary/aromatic N) is 6. The number of nitrogens with one attached hydrogen (secondary N) is 2. The maximum Gasteiger partial charge on any atom is 0.490 e. The number of H-pyrrole nitrogens is 1. The van der Waals surface area contributed by atoms with Gasteiger partial charge in [-0.05, 0) is 69.9 Å². The van der Waals surface area contributed by atoms with Crippen molar-refractivity contribution in [3.05, 3.63) is 74.9 Å². The fourth-order valence-electron chi connectivity index (χ4n) is 10.1. The number of imidazole rings is 1. The topological polar surface area (TPSA) is 402 Å². The molecule has 4 aromatic rings. The third kappa shape index (κ3) is 13.4. The molecule has 8 rings (SSSR count). The number of fused-ring (bicyclic) bond motifs is 5. The minimum absolute atomic E-state index is 0.132. The number of carbonyl (C=O) groups excluding carboxylic acids is 1. The van der Waals surface area contributed by atoms with Gasteiger partial charge in [0.25, 0.3) is 5.56 Å². The molecule has 0 aliphatic carbocycles. The number of aliphatic hydroxyl groups excluding tert-OH is 2. The van der Waals surface area contributed by atoms with Crippen LogP contribution in [0, 0.1) is 0 Å². The number of likely N-dealkylation sites (N-methyl/N-ethyl adjacent to an activating group) is 1. The van der Waals surface area contributed by atoms with Crippen LogP contribution < -0.4 is 41.5 Å². The molecule has 0 saturated carbocycles. The Morgan fingerprint density at radius 2 is 1.65 bits per heavy atom. The van der Waals surface area contributed by atoms with Gasteiger partial charge in [-0.3, -0.25) is 28.2 Å². The van der Waals surface area contributed by atoms with Crippen LogP contribution in [-0.2, 0) is 51.0 Å². The van der Waals surface area contributed by atoms with Crippen molar-refractivity contribution in [3.8, 4) is 11.5 Å². The molecule has 6 heterocycles. The summed E-state index contributed by atoms with van der Waals surface area (Å²) >= 11 is 0. The second-order valence-electron chi connectivity index (χ2n) is 20.2. The second kappa shape index (κ2) is 22.5. The number of aliphatic hydroxyl groups is 2. The van der Waals surface area contributed by atoms with Crippen LogP contribution in [0.3, 0.4) is 0 Å². The first-order valence-electron chi connectivity index (χ1n) is 24.7. The Morgan fingerprint density at radius 3 is 2.36 bits per heavy atom. The predicted octanol–water partition coefficient (Wildman–Crippen LogP) is 3.14. The second-order valence-corrected chi connectivity index (χ2v) is 26.2. The number of nitrogen functional groups attached to an aromatic ring is 1. The van der Waals surface area contributed by atoms with Gasteiger partial charge >= 0.3 is 23.5 Å². The van der Waals surface area contributed by atoms with E-state index in [2.05, 4.69) is 72.1 Å². The third-order valence-electron chi connectivity index (χ3n) is 13.4. The molecule has 0 radical (unpaired) electrons. The van der Waals surface area contributed by atoms with Crippen LogP contribution in [-0.4, -0.2) is 131 Å². The average molecular weight is 1170 g/mol. The maximum atomic E-state index is 13.0. The van der Waals surface area contributed by atoms with Crippen molar-refractivity contribution < 1.29 is 83.5 Å². The number of aromatic nitrogens is 4. The normalized spacial score (nSPS) is 22.6. The Kier molecular flexibility index (Phi) is 17.0. The van der Waals surface area contributed by atoms with Crippen molar-refractivity contribution in [2.75, 3.05) is 49.2 Å². The van der Waals surface area contributed by atoms with Crippen LogP contribution in [0.1, 0.15) is 97.4 Å². The van der Waals surface area contributed by atoms with Gasteiger partial charge in [0.1, 0.15) is 35.9 Å². The van der Waals surface area contributed by atoms with E-state index >= 15 is 0 Å². The van der Waals surface area contributed by atoms with Gasteiger partial charge in [0.05, 0.1) is 52.6 Å². The standard InChI is InChI=1S/C46H62N9O19P3S/c1-7-54-32-19-34-30(17-28(32)26(2)21-45(54,3)4)50-31-18-29-27(24-78(66,67)68)22-46(5,6)55(33(29)20-35(31)71-34)15-12-13-37(56)48-14-10-8-9-11-16-69-75(60,61)73-77(64,65)74-76(62,63)70-23-36-39(57)40(58)43(72-36)53-25-49-38-41(53)51-44(47)52-42(38)59/h17-22,25,36,39-40,43,57-58H,7-16,23-24H2,1-6H3,(H7-,47,48,51,52,56,59,60,61,62,63,64,65,66,67,68)/t36-,39-,40-,43-/m1/s1. The number of aromatic amines is 1. The summed E-state index contributed by atoms with van der Waals surface area (Å²) in [4.78, 5) is 72.6. The molecule has 0 bridgehead atoms. The molecule has 4 aliphatic rings. The smallest absolute Gasteiger partial charge is 0.490 e. The number of carbonyl (C=O) groups is 1. The van der Waals surface area contributed by atoms with E-state index in [4.69, 9.17) is 24.7 Å². The van der Waals surface area contributed by atoms with Crippen molar-refractivity contribution in [1.82, 2.24) is 29.4 Å². The van der Waals surface area contributed by atoms with E-state index in [1.54, 1.807) is 18.2 Å². The van der Waals surface area contributed by atoms with Crippen molar-refractivity contribution in [1.29, 1.82) is 0 Å². The van der Waals surface area contributed by atoms with Crippen molar-refractivity contribution in [2.24, 2.45) is 4.99 Å². The zero-order chi connectivity index (χ0) is 56.9. The van der Waals surface area contributed by atoms with Crippen LogP contribution in [0.25, 0.3) is 22.3 Å². The SMILES string of the molecule is CCN1c2cc3c(cc2C(C)=CC1(C)C)N=c1cc2c(cc1O3)=[N+](CCCC(=O)NCCCCCCOP(=O)(O)OP(=O)(O)OP(=O)(O)OC[C@H]1O[C@@H](n3cnc4c(=O)[nH]c(N)nc43)[C@H](O)[C@@H]1O)C(C)(C)C=C2CS(=O)(=O)[O-]. The van der Waals surface area contributed by atoms with E-state index in [-0.39, 0.29) is 41.4 Å². The molecule has 0 spiro atoms. The van der Waals surface area contributed by atoms with Gasteiger partial charge in [-0.25, -0.2) is 36.7 Å². The van der Waals surface area contributed by atoms with Gasteiger partial charge in [-0.2, -0.15) is 13.6 Å². The number of allylic oxidation sites excluding steroid dienone is 1. The van der Waals surface area contributed by atoms with Gasteiger partial charge < -0.3 is 54.9 Å². The molecule has 2 aromatic carbocycles. The minimum Gasteiger partial charge on any atom is -0.748 e. The molecule has 1 amide bonds. The minimum atomic E-state index is -5.85. The van der Waals surface area contributed by atoms with Crippen LogP contribution >= 0.6 is 23.5 Å². The van der Waals surface area contributed by atoms with E-state index in [0.29, 0.717) is 77.8 Å². The number of hydrogen-bond donors (Lipinski definition) is 8. The molecular weight excluding hydrogens is 1110 g/mol. The van der Waals surface area contributed by atoms with Crippen LogP contribution in [0.4, 0.5) is 17.3 Å². The number of unbranched alkanes of at least 4 members (excludes halogenated alkanes) is 3. The maximum absolute atomic E-state index is 13.0. The van der Waals surface area contributed by atoms with E-state index in [1.807, 2.05) is 30.6 Å². The summed E-state index contributed by atoms with van der Waals surface area (Å²) in [6.07, 6.45) is 0.612. The lowest BCUT2D eigenvalue weighted by Gasteiger charge is -2.43. The Hall–Kier alpha value is -5.06. The Morgan fingerprint density at radius 1 is 0.949 bits per heavy atom. The van der Waals surface area contributed by atoms with Crippen molar-refractivity contribution >= 4 is 79.1 Å². The summed E-state index contributed by atoms with van der Waals surface area (Å²) in [6.45, 7) is 12.2. The fraction of sp³-hybridized carbons (Fsp3) is 0.522. The Balaban J connectivity index is 0.782. The zero-order valence-electron chi connectivity index (χ0n) is 43.3. The average Bonchev–Trinajstić information content (AvgIpc) is 3.86. The summed E-state index contributed by atoms with van der Waals surface area (Å²) in [5.41, 5.74) is 8.18. The molecule has 78 heavy (non-hydrogen) atoms. The summed E-state index contributed by atoms with van der Waals surface area (Å²) in [5.74, 6) is -0.230. The molecule has 1 saturated heterocycles. The molecule has 28 nitrogen and oxygen atoms in total. The van der Waals surface area contributed by atoms with Crippen molar-refractivity contribution in [3.63, 3.8) is 0 Å². The molecular formula is C46H62N9O19P3S. The zero-order valence-corrected chi connectivity index (χ0v) is 46.8. The lowest BCUT2D eigenvalue weighted by atomic mass is 9.88. The molecule has 3 unspecified atom stereocenters. The summed E-state index contributed by atoms with van der Waals surface area (Å²) in [5, 5.41) is 25.1. The lowest BCUT2D eigenvalue weighted by Crippen LogP contribution is -2.50. The highest BCUT2D eigenvalue weighted by Crippen LogP contribution is 2.68. The number of benzene rings is 2. The molecule has 7 atom stereocenters. The number of amides is 1. The molecule has 426 valence electrons. The van der Waals surface area contributed by atoms with Gasteiger partial charge in [0.15, 0.2) is 34.4 Å². The largest absolute Gasteiger partial charge is 0.748 e. The number of anilines is 2. The number of ether oxygens (including phenoxy) is 2. The highest BCUT2D eigenvalue weighted by Gasteiger charge is 2.48. The van der Waals surface area contributed by atoms with E-state index in [0.717, 1.165) is 34.3 Å². The Bertz CT molecular complexity index is 3550. The highest BCUT2D eigenvalue weighted by molar-refractivity contribution is 7.86. The van der Waals surface area contributed by atoms with Gasteiger partial charge in [-0.15, -0.1) is 0 Å². The molecule has 4 aliphatic heterocycles. The van der Waals surface area contributed by atoms with Crippen LogP contribution in [0.15, 0.2) is 52.5 Å². The first-order valence-corrected chi connectivity index (χ1v) is 30.8. The Labute approximate surface area is 446 Å². The monoisotopic (exact) mass is 1170 g/mol. The van der Waals surface area contributed by atoms with E-state index in [1.165, 1.54) is 0 Å². The number of hydrogen-bond acceptors (Lipinski definition) is 21. The van der Waals surface area contributed by atoms with Gasteiger partial charge in [0, 0.05) is 57.1 Å². The highest BCUT2D eigenvalue weighted by atomic mass is 32.2. The third-order valence-corrected chi connectivity index (χ3v) is 18.4. The fourth-order valence-corrected chi connectivity index (χ4v) is 14.3. The van der Waals surface area contributed by atoms with Gasteiger partial charge in [0.2, 0.25) is 17.2 Å². The predicted molar refractivity (Wildman–Crippen MR) is 280 cm³/mol. The summed E-state index contributed by atoms with van der Waals surface area (Å²) in [7, 11) is -21.5. The number of phosphoric acid groups is 3. The lowest BCUT2D eigenvalue weighted by molar-refractivity contribution is -0.121. The number of rotatable bonds is 23. The first kappa shape index (κ1) is 59.1. The van der Waals surface area contributed by atoms with Crippen LogP contribution in [0.5, 0.6) is 11.5 Å². The van der Waals surface area contributed by atoms with E-state index in [9.17, 15) is 61.1 Å². The van der Waals surface area contributed by atoms with Gasteiger partial charge in [-0.1, -0.05) is 18.9 Å². The quantitative estimate of drug-likeness (QED) is 0.0201. The first-order chi connectivity index (χ1) is 36.4. The number of nitrogens with two attached hydrogens (primary N) is 1. The van der Waals surface area contributed by atoms with Crippen molar-refractivity contribution in [2.45, 2.75) is 116 Å². The van der Waals surface area contributed by atoms with E-state index < -0.39 is 88.2 Å². The van der Waals surface area contributed by atoms with Crippen LogP contribution in [0.2, 0.25) is 0 Å². The summed E-state index contributed by atoms with van der Waals surface area (Å²) < 4.78 is 107. The molecule has 2 aromatic heterocycles. The molecule has 32 heteroatoms. The summed E-state index contributed by atoms with van der Waals surface area (Å²) in [6, 6.07) is 7.53. The molecule has 1 fully saturated rings. The number of phosphoric ester groups is 2.